The van der Waals surface area contributed by atoms with Gasteiger partial charge in [-0.05, 0) is 42.5 Å². The number of carbonyl (C=O) groups is 2. The van der Waals surface area contributed by atoms with E-state index in [0.29, 0.717) is 22.9 Å². The summed E-state index contributed by atoms with van der Waals surface area (Å²) in [6.45, 7) is 5.79. The van der Waals surface area contributed by atoms with Gasteiger partial charge in [0.25, 0.3) is 5.91 Å². The topological polar surface area (TPSA) is 55.4 Å². The Balaban J connectivity index is 1.95. The predicted octanol–water partition coefficient (Wildman–Crippen LogP) is 3.96. The van der Waals surface area contributed by atoms with Gasteiger partial charge in [-0.3, -0.25) is 9.59 Å². The molecule has 118 valence electrons. The monoisotopic (exact) mass is 321 g/mol. The Labute approximate surface area is 135 Å². The number of hydrogen-bond donors (Lipinski definition) is 1. The van der Waals surface area contributed by atoms with E-state index in [4.69, 9.17) is 16.3 Å². The Bertz CT molecular complexity index is 635. The van der Waals surface area contributed by atoms with Crippen molar-refractivity contribution >= 4 is 29.0 Å². The van der Waals surface area contributed by atoms with E-state index in [1.165, 1.54) is 0 Å². The molecular weight excluding hydrogens is 302 g/mol. The third-order valence-corrected chi connectivity index (χ3v) is 3.71. The van der Waals surface area contributed by atoms with Crippen LogP contribution in [-0.2, 0) is 14.3 Å². The van der Waals surface area contributed by atoms with Gasteiger partial charge in [0.2, 0.25) is 0 Å². The summed E-state index contributed by atoms with van der Waals surface area (Å²) in [7, 11) is 0. The van der Waals surface area contributed by atoms with Gasteiger partial charge in [0.1, 0.15) is 0 Å². The summed E-state index contributed by atoms with van der Waals surface area (Å²) in [5.74, 6) is -0.0231. The zero-order valence-corrected chi connectivity index (χ0v) is 13.8. The Morgan fingerprint density at radius 3 is 2.73 bits per heavy atom. The number of rotatable bonds is 4. The Kier molecular flexibility index (Phi) is 4.91. The van der Waals surface area contributed by atoms with Gasteiger partial charge in [-0.1, -0.05) is 31.5 Å². The van der Waals surface area contributed by atoms with E-state index in [1.54, 1.807) is 24.3 Å². The van der Waals surface area contributed by atoms with Crippen molar-refractivity contribution in [1.29, 1.82) is 0 Å². The van der Waals surface area contributed by atoms with Crippen molar-refractivity contribution in [1.82, 2.24) is 0 Å². The van der Waals surface area contributed by atoms with Crippen molar-refractivity contribution in [2.75, 3.05) is 11.9 Å². The number of allylic oxidation sites excluding steroid dienone is 2. The minimum Gasteiger partial charge on any atom is -0.480 e. The van der Waals surface area contributed by atoms with Crippen molar-refractivity contribution in [2.45, 2.75) is 33.6 Å². The lowest BCUT2D eigenvalue weighted by Crippen LogP contribution is -2.28. The fourth-order valence-electron chi connectivity index (χ4n) is 2.72. The number of carbonyl (C=O) groups excluding carboxylic acids is 2. The highest BCUT2D eigenvalue weighted by Gasteiger charge is 2.32. The van der Waals surface area contributed by atoms with E-state index in [0.717, 1.165) is 12.0 Å². The number of ketones is 1. The number of anilines is 1. The van der Waals surface area contributed by atoms with Gasteiger partial charge in [-0.25, -0.2) is 0 Å². The number of amides is 1. The summed E-state index contributed by atoms with van der Waals surface area (Å²) < 4.78 is 5.45. The van der Waals surface area contributed by atoms with Gasteiger partial charge >= 0.3 is 0 Å². The lowest BCUT2D eigenvalue weighted by atomic mass is 9.76. The molecule has 0 fully saturated rings. The number of benzene rings is 1. The summed E-state index contributed by atoms with van der Waals surface area (Å²) in [4.78, 5) is 24.0. The van der Waals surface area contributed by atoms with E-state index < -0.39 is 0 Å². The average molecular weight is 322 g/mol. The van der Waals surface area contributed by atoms with E-state index in [9.17, 15) is 9.59 Å². The highest BCUT2D eigenvalue weighted by atomic mass is 35.5. The molecule has 5 heteroatoms. The molecule has 1 aromatic carbocycles. The van der Waals surface area contributed by atoms with Crippen LogP contribution in [0.25, 0.3) is 0 Å². The largest absolute Gasteiger partial charge is 0.480 e. The maximum atomic E-state index is 12.1. The average Bonchev–Trinajstić information content (AvgIpc) is 2.36. The molecule has 1 aliphatic carbocycles. The smallest absolute Gasteiger partial charge is 0.262 e. The maximum Gasteiger partial charge on any atom is 0.262 e. The molecule has 1 amide bonds. The molecule has 0 radical (unpaired) electrons. The first-order valence-electron chi connectivity index (χ1n) is 7.18. The molecule has 4 nitrogen and oxygen atoms in total. The molecule has 0 saturated carbocycles. The van der Waals surface area contributed by atoms with Crippen LogP contribution in [0.1, 0.15) is 33.6 Å². The summed E-state index contributed by atoms with van der Waals surface area (Å²) in [5.41, 5.74) is 1.46. The van der Waals surface area contributed by atoms with Crippen molar-refractivity contribution in [3.63, 3.8) is 0 Å². The van der Waals surface area contributed by atoms with Gasteiger partial charge in [0.15, 0.2) is 18.1 Å². The van der Waals surface area contributed by atoms with Crippen LogP contribution >= 0.6 is 11.6 Å². The van der Waals surface area contributed by atoms with Gasteiger partial charge in [-0.15, -0.1) is 0 Å². The van der Waals surface area contributed by atoms with E-state index in [-0.39, 0.29) is 23.7 Å². The summed E-state index contributed by atoms with van der Waals surface area (Å²) in [5, 5.41) is 3.23. The second-order valence-corrected chi connectivity index (χ2v) is 6.83. The molecule has 0 saturated heterocycles. The lowest BCUT2D eigenvalue weighted by molar-refractivity contribution is -0.124. The molecule has 0 spiro atoms. The van der Waals surface area contributed by atoms with Crippen LogP contribution in [0.3, 0.4) is 0 Å². The van der Waals surface area contributed by atoms with Crippen molar-refractivity contribution in [3.8, 4) is 0 Å². The van der Waals surface area contributed by atoms with Crippen molar-refractivity contribution in [3.05, 3.63) is 40.6 Å². The first-order chi connectivity index (χ1) is 10.3. The standard InChI is InChI=1S/C17H20ClNO3/c1-11-8-17(2,3)9-14(20)16(11)22-10-15(21)19-13-6-4-5-12(18)7-13/h4-7H,8-10H2,1-3H3,(H,19,21). The SMILES string of the molecule is CC1=C(OCC(=O)Nc2cccc(Cl)c2)C(=O)CC(C)(C)C1. The molecule has 0 aliphatic heterocycles. The molecule has 1 aromatic rings. The molecule has 0 unspecified atom stereocenters. The van der Waals surface area contributed by atoms with E-state index >= 15 is 0 Å². The lowest BCUT2D eigenvalue weighted by Gasteiger charge is -2.30. The van der Waals surface area contributed by atoms with E-state index in [2.05, 4.69) is 19.2 Å². The highest BCUT2D eigenvalue weighted by molar-refractivity contribution is 6.30. The molecule has 1 aliphatic rings. The number of hydrogen-bond acceptors (Lipinski definition) is 3. The second kappa shape index (κ2) is 6.53. The zero-order chi connectivity index (χ0) is 16.3. The fourth-order valence-corrected chi connectivity index (χ4v) is 2.91. The first-order valence-corrected chi connectivity index (χ1v) is 7.56. The van der Waals surface area contributed by atoms with Gasteiger partial charge in [0.05, 0.1) is 0 Å². The molecule has 2 rings (SSSR count). The number of ether oxygens (including phenoxy) is 1. The molecule has 0 aromatic heterocycles. The van der Waals surface area contributed by atoms with Crippen LogP contribution in [0.15, 0.2) is 35.6 Å². The quantitative estimate of drug-likeness (QED) is 0.913. The Hall–Kier alpha value is -1.81. The third-order valence-electron chi connectivity index (χ3n) is 3.48. The van der Waals surface area contributed by atoms with E-state index in [1.807, 2.05) is 6.92 Å². The molecule has 22 heavy (non-hydrogen) atoms. The second-order valence-electron chi connectivity index (χ2n) is 6.40. The predicted molar refractivity (Wildman–Crippen MR) is 86.8 cm³/mol. The Morgan fingerprint density at radius 1 is 1.36 bits per heavy atom. The van der Waals surface area contributed by atoms with Gasteiger partial charge in [-0.2, -0.15) is 0 Å². The number of nitrogens with one attached hydrogen (secondary N) is 1. The van der Waals surface area contributed by atoms with Crippen LogP contribution in [0.2, 0.25) is 5.02 Å². The molecule has 1 N–H and O–H groups in total. The van der Waals surface area contributed by atoms with Gasteiger partial charge < -0.3 is 10.1 Å². The molecule has 0 atom stereocenters. The maximum absolute atomic E-state index is 12.1. The minimum atomic E-state index is -0.319. The summed E-state index contributed by atoms with van der Waals surface area (Å²) >= 11 is 5.86. The highest BCUT2D eigenvalue weighted by Crippen LogP contribution is 2.36. The van der Waals surface area contributed by atoms with Gasteiger partial charge in [0, 0.05) is 17.1 Å². The zero-order valence-electron chi connectivity index (χ0n) is 13.0. The summed E-state index contributed by atoms with van der Waals surface area (Å²) in [6.07, 6.45) is 1.24. The van der Waals surface area contributed by atoms with Crippen molar-refractivity contribution < 1.29 is 14.3 Å². The Morgan fingerprint density at radius 2 is 2.09 bits per heavy atom. The van der Waals surface area contributed by atoms with Crippen LogP contribution < -0.4 is 5.32 Å². The van der Waals surface area contributed by atoms with Crippen LogP contribution in [0, 0.1) is 5.41 Å². The van der Waals surface area contributed by atoms with Crippen LogP contribution in [0.4, 0.5) is 5.69 Å². The molecule has 0 bridgehead atoms. The van der Waals surface area contributed by atoms with Crippen molar-refractivity contribution in [2.24, 2.45) is 5.41 Å². The number of halogens is 1. The first kappa shape index (κ1) is 16.6. The number of Topliss-reactive ketones (excluding diaryl/α,β-unsaturated/α-hetero) is 1. The third kappa shape index (κ3) is 4.34. The fraction of sp³-hybridized carbons (Fsp3) is 0.412. The summed E-state index contributed by atoms with van der Waals surface area (Å²) in [6, 6.07) is 6.86. The normalized spacial score (nSPS) is 17.4. The minimum absolute atomic E-state index is 0.0377. The van der Waals surface area contributed by atoms with Crippen LogP contribution in [0.5, 0.6) is 0 Å². The molecular formula is C17H20ClNO3. The van der Waals surface area contributed by atoms with Crippen LogP contribution in [-0.4, -0.2) is 18.3 Å². The molecule has 0 heterocycles.